The van der Waals surface area contributed by atoms with Crippen molar-refractivity contribution in [3.63, 3.8) is 0 Å². The predicted octanol–water partition coefficient (Wildman–Crippen LogP) is 3.60. The maximum absolute atomic E-state index is 14.1. The average Bonchev–Trinajstić information content (AvgIpc) is 3.47. The quantitative estimate of drug-likeness (QED) is 0.187. The van der Waals surface area contributed by atoms with Gasteiger partial charge in [0.15, 0.2) is 0 Å². The second-order valence-electron chi connectivity index (χ2n) is 13.8. The van der Waals surface area contributed by atoms with E-state index in [-0.39, 0.29) is 18.4 Å². The van der Waals surface area contributed by atoms with Gasteiger partial charge in [-0.2, -0.15) is 0 Å². The number of ether oxygens (including phenoxy) is 4. The lowest BCUT2D eigenvalue weighted by Crippen LogP contribution is -2.48. The number of benzene rings is 3. The highest BCUT2D eigenvalue weighted by molar-refractivity contribution is 5.80. The zero-order valence-electron chi connectivity index (χ0n) is 29.2. The van der Waals surface area contributed by atoms with Crippen molar-refractivity contribution in [2.24, 2.45) is 5.92 Å². The molecule has 11 heteroatoms. The zero-order chi connectivity index (χ0) is 35.4. The molecule has 6 atom stereocenters. The van der Waals surface area contributed by atoms with Crippen molar-refractivity contribution in [3.05, 3.63) is 101 Å². The molecule has 3 aromatic carbocycles. The van der Waals surface area contributed by atoms with Crippen LogP contribution >= 0.6 is 0 Å². The molecule has 4 N–H and O–H groups in total. The van der Waals surface area contributed by atoms with Crippen LogP contribution in [0.2, 0.25) is 0 Å². The number of alkyl carbamates (subject to hydrolysis) is 1. The van der Waals surface area contributed by atoms with Gasteiger partial charge in [-0.05, 0) is 66.5 Å². The Morgan fingerprint density at radius 3 is 2.41 bits per heavy atom. The van der Waals surface area contributed by atoms with Crippen LogP contribution in [0.25, 0.3) is 0 Å². The number of morpholine rings is 1. The molecule has 3 aliphatic rings. The number of hydrogen-bond acceptors (Lipinski definition) is 9. The van der Waals surface area contributed by atoms with Crippen molar-refractivity contribution < 1.29 is 38.7 Å². The number of nitrogens with zero attached hydrogens (tertiary/aromatic N) is 1. The van der Waals surface area contributed by atoms with Crippen molar-refractivity contribution in [2.75, 3.05) is 52.7 Å². The van der Waals surface area contributed by atoms with Crippen LogP contribution in [0.5, 0.6) is 5.75 Å². The normalized spacial score (nSPS) is 22.3. The van der Waals surface area contributed by atoms with Crippen molar-refractivity contribution in [1.29, 1.82) is 0 Å². The van der Waals surface area contributed by atoms with E-state index in [1.807, 2.05) is 78.9 Å². The van der Waals surface area contributed by atoms with Gasteiger partial charge < -0.3 is 39.8 Å². The van der Waals surface area contributed by atoms with E-state index in [2.05, 4.69) is 15.5 Å². The summed E-state index contributed by atoms with van der Waals surface area (Å²) in [6.07, 6.45) is -0.0723. The Morgan fingerprint density at radius 1 is 0.902 bits per heavy atom. The summed E-state index contributed by atoms with van der Waals surface area (Å²) < 4.78 is 22.6. The lowest BCUT2D eigenvalue weighted by Gasteiger charge is -2.29. The minimum absolute atomic E-state index is 0.0679. The molecule has 0 aromatic heterocycles. The van der Waals surface area contributed by atoms with E-state index >= 15 is 0 Å². The summed E-state index contributed by atoms with van der Waals surface area (Å²) >= 11 is 0. The first-order chi connectivity index (χ1) is 24.9. The second kappa shape index (κ2) is 18.5. The summed E-state index contributed by atoms with van der Waals surface area (Å²) in [5, 5.41) is 28.7. The number of amides is 2. The van der Waals surface area contributed by atoms with Gasteiger partial charge in [-0.1, -0.05) is 66.7 Å². The van der Waals surface area contributed by atoms with Crippen LogP contribution in [0.4, 0.5) is 4.79 Å². The number of carbonyl (C=O) groups is 2. The Balaban J connectivity index is 1.15. The Morgan fingerprint density at radius 2 is 1.65 bits per heavy atom. The highest BCUT2D eigenvalue weighted by Crippen LogP contribution is 2.32. The lowest BCUT2D eigenvalue weighted by molar-refractivity contribution is -0.127. The highest BCUT2D eigenvalue weighted by Gasteiger charge is 2.35. The molecule has 3 aromatic rings. The summed E-state index contributed by atoms with van der Waals surface area (Å²) in [4.78, 5) is 29.5. The first kappa shape index (κ1) is 36.8. The maximum Gasteiger partial charge on any atom is 0.407 e. The number of carbonyl (C=O) groups excluding carboxylic acids is 2. The standard InChI is InChI=1S/C40H51N3O8/c44-36(35(24-28-7-2-1-3-8-28)41-40(47)51-33-10-6-19-49-27-33)26-31(39(46)42-38-34-11-5-4-9-30(34)25-37(38)45)23-29-12-14-32(15-13-29)50-22-18-43-16-20-48-21-17-43/h1-5,7-9,11-15,31,33,35-38,44-45H,6,10,16-27H2,(H,41,47)(H,42,46)/t31?,33?,35?,36?,37-,38-/m0/s1. The summed E-state index contributed by atoms with van der Waals surface area (Å²) in [5.74, 6) is -0.204. The highest BCUT2D eigenvalue weighted by atomic mass is 16.6. The van der Waals surface area contributed by atoms with E-state index in [4.69, 9.17) is 18.9 Å². The fourth-order valence-electron chi connectivity index (χ4n) is 7.17. The van der Waals surface area contributed by atoms with E-state index in [1.54, 1.807) is 0 Å². The molecule has 0 spiro atoms. The Kier molecular flexibility index (Phi) is 13.3. The molecule has 11 nitrogen and oxygen atoms in total. The first-order valence-corrected chi connectivity index (χ1v) is 18.3. The number of nitrogens with one attached hydrogen (secondary N) is 2. The number of rotatable bonds is 15. The van der Waals surface area contributed by atoms with E-state index in [0.717, 1.165) is 73.7 Å². The zero-order valence-corrected chi connectivity index (χ0v) is 29.2. The molecule has 1 aliphatic carbocycles. The van der Waals surface area contributed by atoms with Gasteiger partial charge in [-0.15, -0.1) is 0 Å². The van der Waals surface area contributed by atoms with Crippen LogP contribution in [0, 0.1) is 5.92 Å². The first-order valence-electron chi connectivity index (χ1n) is 18.3. The molecule has 0 radical (unpaired) electrons. The third-order valence-corrected chi connectivity index (χ3v) is 10.0. The fourth-order valence-corrected chi connectivity index (χ4v) is 7.17. The van der Waals surface area contributed by atoms with Crippen LogP contribution in [0.3, 0.4) is 0 Å². The van der Waals surface area contributed by atoms with Crippen molar-refractivity contribution >= 4 is 12.0 Å². The molecule has 2 fully saturated rings. The van der Waals surface area contributed by atoms with Crippen LogP contribution in [-0.2, 0) is 38.3 Å². The molecule has 2 heterocycles. The minimum atomic E-state index is -1.08. The SMILES string of the molecule is O=C(NC(Cc1ccccc1)C(O)CC(Cc1ccc(OCCN2CCOCC2)cc1)C(=O)N[C@H]1c2ccccc2C[C@@H]1O)OC1CCCOC1. The van der Waals surface area contributed by atoms with Crippen LogP contribution < -0.4 is 15.4 Å². The topological polar surface area (TPSA) is 139 Å². The molecule has 0 saturated carbocycles. The van der Waals surface area contributed by atoms with Crippen LogP contribution in [0.1, 0.15) is 47.6 Å². The number of hydrogen-bond donors (Lipinski definition) is 4. The monoisotopic (exact) mass is 701 g/mol. The predicted molar refractivity (Wildman–Crippen MR) is 191 cm³/mol. The average molecular weight is 702 g/mol. The van der Waals surface area contributed by atoms with Crippen molar-refractivity contribution in [2.45, 2.75) is 68.9 Å². The number of fused-ring (bicyclic) bond motifs is 1. The van der Waals surface area contributed by atoms with Gasteiger partial charge in [-0.25, -0.2) is 4.79 Å². The van der Waals surface area contributed by atoms with Gasteiger partial charge >= 0.3 is 6.09 Å². The summed E-state index contributed by atoms with van der Waals surface area (Å²) in [5.41, 5.74) is 3.73. The molecule has 4 unspecified atom stereocenters. The number of aliphatic hydroxyl groups is 2. The third kappa shape index (κ3) is 10.8. The maximum atomic E-state index is 14.1. The smallest absolute Gasteiger partial charge is 0.407 e. The minimum Gasteiger partial charge on any atom is -0.492 e. The number of aliphatic hydroxyl groups excluding tert-OH is 2. The van der Waals surface area contributed by atoms with E-state index in [0.29, 0.717) is 39.1 Å². The van der Waals surface area contributed by atoms with Gasteiger partial charge in [-0.3, -0.25) is 9.69 Å². The molecule has 51 heavy (non-hydrogen) atoms. The molecular weight excluding hydrogens is 650 g/mol. The molecule has 2 amide bonds. The molecular formula is C40H51N3O8. The lowest BCUT2D eigenvalue weighted by atomic mass is 9.88. The molecule has 2 aliphatic heterocycles. The molecule has 274 valence electrons. The third-order valence-electron chi connectivity index (χ3n) is 10.0. The Bertz CT molecular complexity index is 1530. The summed E-state index contributed by atoms with van der Waals surface area (Å²) in [6, 6.07) is 23.8. The van der Waals surface area contributed by atoms with Crippen LogP contribution in [-0.4, -0.2) is 104 Å². The van der Waals surface area contributed by atoms with Gasteiger partial charge in [0.2, 0.25) is 5.91 Å². The summed E-state index contributed by atoms with van der Waals surface area (Å²) in [7, 11) is 0. The molecule has 2 saturated heterocycles. The molecule has 6 rings (SSSR count). The van der Waals surface area contributed by atoms with Gasteiger partial charge in [0.1, 0.15) is 18.5 Å². The van der Waals surface area contributed by atoms with E-state index in [9.17, 15) is 19.8 Å². The van der Waals surface area contributed by atoms with Crippen molar-refractivity contribution in [3.8, 4) is 5.75 Å². The van der Waals surface area contributed by atoms with E-state index in [1.165, 1.54) is 0 Å². The van der Waals surface area contributed by atoms with Gasteiger partial charge in [0.05, 0.1) is 44.1 Å². The molecule has 0 bridgehead atoms. The second-order valence-corrected chi connectivity index (χ2v) is 13.8. The summed E-state index contributed by atoms with van der Waals surface area (Å²) in [6.45, 7) is 5.67. The van der Waals surface area contributed by atoms with Gasteiger partial charge in [0, 0.05) is 38.6 Å². The Hall–Kier alpha value is -4.00. The Labute approximate surface area is 300 Å². The fraction of sp³-hybridized carbons (Fsp3) is 0.500. The largest absolute Gasteiger partial charge is 0.492 e. The van der Waals surface area contributed by atoms with Crippen LogP contribution in [0.15, 0.2) is 78.9 Å². The van der Waals surface area contributed by atoms with E-state index < -0.39 is 36.3 Å². The van der Waals surface area contributed by atoms with Crippen molar-refractivity contribution in [1.82, 2.24) is 15.5 Å². The van der Waals surface area contributed by atoms with Gasteiger partial charge in [0.25, 0.3) is 0 Å².